The van der Waals surface area contributed by atoms with E-state index in [2.05, 4.69) is 15.3 Å². The molecule has 1 aromatic rings. The highest BCUT2D eigenvalue weighted by Gasteiger charge is 2.32. The standard InChI is InChI=1S/C14H17FN6O2/c15-12-7-10(1-2-13(12)20-5-3-17-4-6-20)21-9-11(8-18-19-16)23-14(21)22/h1-2,7,11,17H,3-6,8-9H2/t11-/m0/s1. The molecule has 0 spiro atoms. The third-order valence-corrected chi connectivity index (χ3v) is 3.92. The van der Waals surface area contributed by atoms with E-state index < -0.39 is 12.2 Å². The number of hydrogen-bond donors (Lipinski definition) is 1. The summed E-state index contributed by atoms with van der Waals surface area (Å²) in [5.41, 5.74) is 9.29. The summed E-state index contributed by atoms with van der Waals surface area (Å²) in [6, 6.07) is 4.73. The lowest BCUT2D eigenvalue weighted by Gasteiger charge is -2.30. The van der Waals surface area contributed by atoms with Crippen molar-refractivity contribution in [3.05, 3.63) is 34.5 Å². The van der Waals surface area contributed by atoms with Gasteiger partial charge in [-0.15, -0.1) is 0 Å². The van der Waals surface area contributed by atoms with Gasteiger partial charge in [-0.3, -0.25) is 4.90 Å². The highest BCUT2D eigenvalue weighted by atomic mass is 19.1. The number of amides is 1. The van der Waals surface area contributed by atoms with Gasteiger partial charge in [-0.1, -0.05) is 5.11 Å². The van der Waals surface area contributed by atoms with Crippen LogP contribution in [0.25, 0.3) is 10.4 Å². The van der Waals surface area contributed by atoms with Crippen molar-refractivity contribution in [2.24, 2.45) is 5.11 Å². The molecule has 0 unspecified atom stereocenters. The Bertz CT molecular complexity index is 642. The number of hydrogen-bond acceptors (Lipinski definition) is 5. The van der Waals surface area contributed by atoms with Crippen LogP contribution >= 0.6 is 0 Å². The van der Waals surface area contributed by atoms with E-state index in [4.69, 9.17) is 10.3 Å². The van der Waals surface area contributed by atoms with E-state index in [1.54, 1.807) is 12.1 Å². The van der Waals surface area contributed by atoms with Gasteiger partial charge in [0.25, 0.3) is 0 Å². The van der Waals surface area contributed by atoms with E-state index in [9.17, 15) is 9.18 Å². The molecule has 1 aromatic carbocycles. The first-order valence-corrected chi connectivity index (χ1v) is 7.43. The Morgan fingerprint density at radius 2 is 2.22 bits per heavy atom. The molecular formula is C14H17FN6O2. The number of rotatable bonds is 4. The largest absolute Gasteiger partial charge is 0.444 e. The number of nitrogens with zero attached hydrogens (tertiary/aromatic N) is 5. The molecule has 0 radical (unpaired) electrons. The Labute approximate surface area is 132 Å². The van der Waals surface area contributed by atoms with Crippen molar-refractivity contribution in [1.82, 2.24) is 5.32 Å². The number of cyclic esters (lactones) is 1. The molecule has 2 saturated heterocycles. The number of carbonyl (C=O) groups excluding carboxylic acids is 1. The highest BCUT2D eigenvalue weighted by Crippen LogP contribution is 2.28. The van der Waals surface area contributed by atoms with Crippen LogP contribution in [-0.4, -0.2) is 51.5 Å². The van der Waals surface area contributed by atoms with Gasteiger partial charge in [-0.2, -0.15) is 0 Å². The fourth-order valence-electron chi connectivity index (χ4n) is 2.78. The molecule has 2 fully saturated rings. The molecule has 3 rings (SSSR count). The molecule has 23 heavy (non-hydrogen) atoms. The van der Waals surface area contributed by atoms with Gasteiger partial charge in [-0.25, -0.2) is 9.18 Å². The van der Waals surface area contributed by atoms with Gasteiger partial charge in [0, 0.05) is 31.1 Å². The summed E-state index contributed by atoms with van der Waals surface area (Å²) in [5.74, 6) is -0.365. The molecule has 0 aliphatic carbocycles. The first kappa shape index (κ1) is 15.4. The van der Waals surface area contributed by atoms with Crippen LogP contribution in [-0.2, 0) is 4.74 Å². The Morgan fingerprint density at radius 3 is 2.91 bits per heavy atom. The van der Waals surface area contributed by atoms with E-state index >= 15 is 0 Å². The van der Waals surface area contributed by atoms with Gasteiger partial charge in [0.05, 0.1) is 24.5 Å². The summed E-state index contributed by atoms with van der Waals surface area (Å²) in [4.78, 5) is 17.8. The Balaban J connectivity index is 1.74. The molecule has 0 saturated carbocycles. The van der Waals surface area contributed by atoms with Crippen molar-refractivity contribution in [1.29, 1.82) is 0 Å². The maximum Gasteiger partial charge on any atom is 0.414 e. The third-order valence-electron chi connectivity index (χ3n) is 3.92. The van der Waals surface area contributed by atoms with Crippen LogP contribution in [0.1, 0.15) is 0 Å². The molecule has 9 heteroatoms. The van der Waals surface area contributed by atoms with Crippen molar-refractivity contribution < 1.29 is 13.9 Å². The van der Waals surface area contributed by atoms with E-state index in [-0.39, 0.29) is 18.9 Å². The third kappa shape index (κ3) is 3.30. The number of halogens is 1. The zero-order valence-corrected chi connectivity index (χ0v) is 12.5. The number of anilines is 2. The highest BCUT2D eigenvalue weighted by molar-refractivity contribution is 5.90. The first-order chi connectivity index (χ1) is 11.2. The molecule has 2 aliphatic heterocycles. The summed E-state index contributed by atoms with van der Waals surface area (Å²) in [6.07, 6.45) is -1.06. The summed E-state index contributed by atoms with van der Waals surface area (Å²) < 4.78 is 19.5. The van der Waals surface area contributed by atoms with Crippen LogP contribution < -0.4 is 15.1 Å². The molecule has 1 N–H and O–H groups in total. The van der Waals surface area contributed by atoms with Crippen LogP contribution in [0.5, 0.6) is 0 Å². The maximum absolute atomic E-state index is 14.4. The predicted octanol–water partition coefficient (Wildman–Crippen LogP) is 1.87. The van der Waals surface area contributed by atoms with E-state index in [1.165, 1.54) is 11.0 Å². The van der Waals surface area contributed by atoms with Gasteiger partial charge in [-0.05, 0) is 23.7 Å². The second-order valence-electron chi connectivity index (χ2n) is 5.40. The molecule has 0 bridgehead atoms. The number of benzene rings is 1. The first-order valence-electron chi connectivity index (χ1n) is 7.43. The topological polar surface area (TPSA) is 93.6 Å². The number of azide groups is 1. The quantitative estimate of drug-likeness (QED) is 0.520. The van der Waals surface area contributed by atoms with Crippen molar-refractivity contribution in [2.75, 3.05) is 49.1 Å². The van der Waals surface area contributed by atoms with Crippen molar-refractivity contribution in [3.63, 3.8) is 0 Å². The molecule has 8 nitrogen and oxygen atoms in total. The minimum absolute atomic E-state index is 0.0695. The molecule has 2 heterocycles. The van der Waals surface area contributed by atoms with Crippen molar-refractivity contribution in [3.8, 4) is 0 Å². The Kier molecular flexibility index (Phi) is 4.50. The van der Waals surface area contributed by atoms with Crippen molar-refractivity contribution >= 4 is 17.5 Å². The summed E-state index contributed by atoms with van der Waals surface area (Å²) in [7, 11) is 0. The molecule has 1 amide bonds. The molecule has 122 valence electrons. The lowest BCUT2D eigenvalue weighted by atomic mass is 10.2. The SMILES string of the molecule is [N-]=[N+]=NC[C@H]1CN(c2ccc(N3CCNCC3)c(F)c2)C(=O)O1. The van der Waals surface area contributed by atoms with Gasteiger partial charge in [0.2, 0.25) is 0 Å². The number of ether oxygens (including phenoxy) is 1. The minimum Gasteiger partial charge on any atom is -0.444 e. The second-order valence-corrected chi connectivity index (χ2v) is 5.40. The molecule has 0 aromatic heterocycles. The number of nitrogens with one attached hydrogen (secondary N) is 1. The Hall–Kier alpha value is -2.51. The average molecular weight is 320 g/mol. The smallest absolute Gasteiger partial charge is 0.414 e. The van der Waals surface area contributed by atoms with Crippen LogP contribution in [0.4, 0.5) is 20.6 Å². The van der Waals surface area contributed by atoms with E-state index in [1.807, 2.05) is 4.90 Å². The number of piperazine rings is 1. The van der Waals surface area contributed by atoms with Crippen LogP contribution in [0.3, 0.4) is 0 Å². The average Bonchev–Trinajstić information content (AvgIpc) is 2.94. The Morgan fingerprint density at radius 1 is 1.43 bits per heavy atom. The van der Waals surface area contributed by atoms with Crippen LogP contribution in [0, 0.1) is 5.82 Å². The lowest BCUT2D eigenvalue weighted by molar-refractivity contribution is 0.145. The van der Waals surface area contributed by atoms with Gasteiger partial charge < -0.3 is 15.0 Å². The molecular weight excluding hydrogens is 303 g/mol. The minimum atomic E-state index is -0.558. The molecule has 1 atom stereocenters. The number of carbonyl (C=O) groups is 1. The van der Waals surface area contributed by atoms with E-state index in [0.29, 0.717) is 11.4 Å². The fraction of sp³-hybridized carbons (Fsp3) is 0.500. The van der Waals surface area contributed by atoms with Crippen LogP contribution in [0.15, 0.2) is 23.3 Å². The van der Waals surface area contributed by atoms with Gasteiger partial charge >= 0.3 is 6.09 Å². The monoisotopic (exact) mass is 320 g/mol. The summed E-state index contributed by atoms with van der Waals surface area (Å²) in [6.45, 7) is 3.44. The zero-order valence-electron chi connectivity index (χ0n) is 12.5. The lowest BCUT2D eigenvalue weighted by Crippen LogP contribution is -2.43. The second kappa shape index (κ2) is 6.72. The maximum atomic E-state index is 14.4. The van der Waals surface area contributed by atoms with E-state index in [0.717, 1.165) is 26.2 Å². The van der Waals surface area contributed by atoms with Crippen LogP contribution in [0.2, 0.25) is 0 Å². The molecule has 2 aliphatic rings. The van der Waals surface area contributed by atoms with Crippen molar-refractivity contribution in [2.45, 2.75) is 6.10 Å². The zero-order chi connectivity index (χ0) is 16.2. The predicted molar refractivity (Wildman–Crippen MR) is 83.1 cm³/mol. The summed E-state index contributed by atoms with van der Waals surface area (Å²) >= 11 is 0. The summed E-state index contributed by atoms with van der Waals surface area (Å²) in [5, 5.41) is 6.62. The van der Waals surface area contributed by atoms with Gasteiger partial charge in [0.15, 0.2) is 0 Å². The fourth-order valence-corrected chi connectivity index (χ4v) is 2.78. The normalized spacial score (nSPS) is 21.1. The van der Waals surface area contributed by atoms with Gasteiger partial charge in [0.1, 0.15) is 11.9 Å².